The molecule has 1 aromatic rings. The van der Waals surface area contributed by atoms with E-state index >= 15 is 0 Å². The molecular weight excluding hydrogens is 155 g/mol. The SMILES string of the molecule is CNCCc1cccc(F)c1N. The molecule has 0 saturated heterocycles. The Balaban J connectivity index is 2.78. The Morgan fingerprint density at radius 3 is 2.92 bits per heavy atom. The van der Waals surface area contributed by atoms with E-state index < -0.39 is 0 Å². The molecule has 2 nitrogen and oxygen atoms in total. The van der Waals surface area contributed by atoms with Gasteiger partial charge in [0.2, 0.25) is 0 Å². The van der Waals surface area contributed by atoms with Crippen molar-refractivity contribution in [3.05, 3.63) is 29.6 Å². The molecule has 1 aromatic carbocycles. The van der Waals surface area contributed by atoms with Crippen molar-refractivity contribution in [3.63, 3.8) is 0 Å². The summed E-state index contributed by atoms with van der Waals surface area (Å²) in [5.41, 5.74) is 6.66. The minimum atomic E-state index is -0.330. The number of nitrogens with two attached hydrogens (primary N) is 1. The summed E-state index contributed by atoms with van der Waals surface area (Å²) in [6, 6.07) is 4.89. The third-order valence-electron chi connectivity index (χ3n) is 1.79. The molecule has 0 aliphatic rings. The number of halogens is 1. The monoisotopic (exact) mass is 168 g/mol. The summed E-state index contributed by atoms with van der Waals surface area (Å²) in [6.45, 7) is 0.813. The lowest BCUT2D eigenvalue weighted by molar-refractivity contribution is 0.629. The first-order valence-corrected chi connectivity index (χ1v) is 3.93. The quantitative estimate of drug-likeness (QED) is 0.665. The van der Waals surface area contributed by atoms with Gasteiger partial charge in [0, 0.05) is 0 Å². The Bertz CT molecular complexity index is 261. The lowest BCUT2D eigenvalue weighted by atomic mass is 10.1. The van der Waals surface area contributed by atoms with E-state index in [1.54, 1.807) is 6.07 Å². The van der Waals surface area contributed by atoms with Gasteiger partial charge in [-0.3, -0.25) is 0 Å². The van der Waals surface area contributed by atoms with Crippen LogP contribution in [0.25, 0.3) is 0 Å². The number of rotatable bonds is 3. The standard InChI is InChI=1S/C9H13FN2/c1-12-6-5-7-3-2-4-8(10)9(7)11/h2-4,12H,5-6,11H2,1H3. The van der Waals surface area contributed by atoms with Gasteiger partial charge in [-0.05, 0) is 31.6 Å². The van der Waals surface area contributed by atoms with E-state index in [9.17, 15) is 4.39 Å². The van der Waals surface area contributed by atoms with Crippen molar-refractivity contribution < 1.29 is 4.39 Å². The number of nitrogens with one attached hydrogen (secondary N) is 1. The molecular formula is C9H13FN2. The first kappa shape index (κ1) is 9.00. The maximum absolute atomic E-state index is 12.9. The third kappa shape index (κ3) is 1.95. The van der Waals surface area contributed by atoms with Crippen molar-refractivity contribution in [2.24, 2.45) is 0 Å². The second kappa shape index (κ2) is 4.07. The molecule has 0 radical (unpaired) electrons. The van der Waals surface area contributed by atoms with Crippen molar-refractivity contribution in [3.8, 4) is 0 Å². The summed E-state index contributed by atoms with van der Waals surface area (Å²) in [7, 11) is 1.86. The van der Waals surface area contributed by atoms with E-state index in [1.807, 2.05) is 13.1 Å². The van der Waals surface area contributed by atoms with E-state index in [0.29, 0.717) is 0 Å². The molecule has 66 valence electrons. The molecule has 12 heavy (non-hydrogen) atoms. The van der Waals surface area contributed by atoms with Crippen LogP contribution in [0.5, 0.6) is 0 Å². The second-order valence-electron chi connectivity index (χ2n) is 2.67. The van der Waals surface area contributed by atoms with Crippen LogP contribution in [0, 0.1) is 5.82 Å². The summed E-state index contributed by atoms with van der Waals surface area (Å²) in [4.78, 5) is 0. The summed E-state index contributed by atoms with van der Waals surface area (Å²) in [5.74, 6) is -0.330. The van der Waals surface area contributed by atoms with E-state index in [4.69, 9.17) is 5.73 Å². The van der Waals surface area contributed by atoms with Gasteiger partial charge in [-0.15, -0.1) is 0 Å². The molecule has 1 rings (SSSR count). The molecule has 0 unspecified atom stereocenters. The highest BCUT2D eigenvalue weighted by atomic mass is 19.1. The fourth-order valence-electron chi connectivity index (χ4n) is 1.06. The normalized spacial score (nSPS) is 10.2. The lowest BCUT2D eigenvalue weighted by Crippen LogP contribution is -2.11. The zero-order valence-corrected chi connectivity index (χ0v) is 7.10. The predicted molar refractivity (Wildman–Crippen MR) is 48.4 cm³/mol. The van der Waals surface area contributed by atoms with Gasteiger partial charge < -0.3 is 11.1 Å². The van der Waals surface area contributed by atoms with Crippen LogP contribution in [-0.4, -0.2) is 13.6 Å². The number of hydrogen-bond acceptors (Lipinski definition) is 2. The molecule has 0 saturated carbocycles. The highest BCUT2D eigenvalue weighted by Crippen LogP contribution is 2.15. The smallest absolute Gasteiger partial charge is 0.146 e. The zero-order valence-electron chi connectivity index (χ0n) is 7.10. The molecule has 0 spiro atoms. The van der Waals surface area contributed by atoms with Crippen LogP contribution in [0.3, 0.4) is 0 Å². The first-order chi connectivity index (χ1) is 5.75. The maximum Gasteiger partial charge on any atom is 0.146 e. The van der Waals surface area contributed by atoms with Crippen molar-refractivity contribution in [1.29, 1.82) is 0 Å². The average Bonchev–Trinajstić information content (AvgIpc) is 2.08. The molecule has 0 bridgehead atoms. The van der Waals surface area contributed by atoms with Gasteiger partial charge in [0.1, 0.15) is 5.82 Å². The summed E-state index contributed by atoms with van der Waals surface area (Å²) >= 11 is 0. The van der Waals surface area contributed by atoms with E-state index in [-0.39, 0.29) is 11.5 Å². The first-order valence-electron chi connectivity index (χ1n) is 3.93. The summed E-state index contributed by atoms with van der Waals surface area (Å²) in [5, 5.41) is 2.98. The van der Waals surface area contributed by atoms with E-state index in [1.165, 1.54) is 6.07 Å². The molecule has 0 amide bonds. The molecule has 0 aliphatic carbocycles. The van der Waals surface area contributed by atoms with Gasteiger partial charge >= 0.3 is 0 Å². The van der Waals surface area contributed by atoms with Gasteiger partial charge in [0.25, 0.3) is 0 Å². The number of nitrogen functional groups attached to an aromatic ring is 1. The second-order valence-corrected chi connectivity index (χ2v) is 2.67. The topological polar surface area (TPSA) is 38.0 Å². The molecule has 3 heteroatoms. The number of para-hydroxylation sites is 1. The van der Waals surface area contributed by atoms with Crippen LogP contribution in [0.2, 0.25) is 0 Å². The van der Waals surface area contributed by atoms with Crippen LogP contribution in [-0.2, 0) is 6.42 Å². The molecule has 0 aliphatic heterocycles. The highest BCUT2D eigenvalue weighted by Gasteiger charge is 2.02. The summed E-state index contributed by atoms with van der Waals surface area (Å²) in [6.07, 6.45) is 0.764. The van der Waals surface area contributed by atoms with Gasteiger partial charge in [-0.2, -0.15) is 0 Å². The highest BCUT2D eigenvalue weighted by molar-refractivity contribution is 5.47. The lowest BCUT2D eigenvalue weighted by Gasteiger charge is -2.04. The molecule has 0 heterocycles. The van der Waals surface area contributed by atoms with Gasteiger partial charge in [0.15, 0.2) is 0 Å². The molecule has 0 atom stereocenters. The molecule has 0 fully saturated rings. The van der Waals surface area contributed by atoms with E-state index in [0.717, 1.165) is 18.5 Å². The van der Waals surface area contributed by atoms with Crippen LogP contribution in [0.1, 0.15) is 5.56 Å². The Labute approximate surface area is 71.6 Å². The number of anilines is 1. The summed E-state index contributed by atoms with van der Waals surface area (Å²) < 4.78 is 12.9. The maximum atomic E-state index is 12.9. The fraction of sp³-hybridized carbons (Fsp3) is 0.333. The predicted octanol–water partition coefficient (Wildman–Crippen LogP) is 1.17. The number of hydrogen-bond donors (Lipinski definition) is 2. The van der Waals surface area contributed by atoms with Gasteiger partial charge in [0.05, 0.1) is 5.69 Å². The minimum Gasteiger partial charge on any atom is -0.396 e. The Morgan fingerprint density at radius 2 is 2.25 bits per heavy atom. The molecule has 3 N–H and O–H groups in total. The Morgan fingerprint density at radius 1 is 1.50 bits per heavy atom. The largest absolute Gasteiger partial charge is 0.396 e. The van der Waals surface area contributed by atoms with Crippen molar-refractivity contribution in [1.82, 2.24) is 5.32 Å². The van der Waals surface area contributed by atoms with Crippen LogP contribution in [0.4, 0.5) is 10.1 Å². The minimum absolute atomic E-state index is 0.271. The Kier molecular flexibility index (Phi) is 3.05. The fourth-order valence-corrected chi connectivity index (χ4v) is 1.06. The van der Waals surface area contributed by atoms with Crippen molar-refractivity contribution >= 4 is 5.69 Å². The number of benzene rings is 1. The van der Waals surface area contributed by atoms with Gasteiger partial charge in [-0.25, -0.2) is 4.39 Å². The van der Waals surface area contributed by atoms with Crippen molar-refractivity contribution in [2.45, 2.75) is 6.42 Å². The average molecular weight is 168 g/mol. The number of likely N-dealkylation sites (N-methyl/N-ethyl adjacent to an activating group) is 1. The van der Waals surface area contributed by atoms with E-state index in [2.05, 4.69) is 5.32 Å². The van der Waals surface area contributed by atoms with Crippen LogP contribution < -0.4 is 11.1 Å². The molecule has 0 aromatic heterocycles. The van der Waals surface area contributed by atoms with Crippen LogP contribution >= 0.6 is 0 Å². The zero-order chi connectivity index (χ0) is 8.97. The third-order valence-corrected chi connectivity index (χ3v) is 1.79. The van der Waals surface area contributed by atoms with Crippen molar-refractivity contribution in [2.75, 3.05) is 19.3 Å². The Hall–Kier alpha value is -1.09. The van der Waals surface area contributed by atoms with Gasteiger partial charge in [-0.1, -0.05) is 12.1 Å². The van der Waals surface area contributed by atoms with Crippen LogP contribution in [0.15, 0.2) is 18.2 Å².